The van der Waals surface area contributed by atoms with E-state index in [0.717, 1.165) is 11.1 Å². The lowest BCUT2D eigenvalue weighted by Gasteiger charge is -2.09. The van der Waals surface area contributed by atoms with Crippen LogP contribution < -0.4 is 5.73 Å². The molecule has 4 heteroatoms. The van der Waals surface area contributed by atoms with Crippen molar-refractivity contribution in [3.05, 3.63) is 35.4 Å². The number of aryl methyl sites for hydroxylation is 1. The molecule has 0 saturated carbocycles. The smallest absolute Gasteiger partial charge is 0.154 e. The van der Waals surface area contributed by atoms with Gasteiger partial charge in [-0.15, -0.1) is 0 Å². The average molecular weight is 241 g/mol. The van der Waals surface area contributed by atoms with Gasteiger partial charge in [-0.2, -0.15) is 0 Å². The second kappa shape index (κ2) is 5.46. The first-order valence-corrected chi connectivity index (χ1v) is 7.21. The maximum Gasteiger partial charge on any atom is 0.154 e. The molecule has 16 heavy (non-hydrogen) atoms. The van der Waals surface area contributed by atoms with Crippen LogP contribution in [0.5, 0.6) is 0 Å². The maximum absolute atomic E-state index is 11.8. The highest BCUT2D eigenvalue weighted by Crippen LogP contribution is 2.10. The van der Waals surface area contributed by atoms with Gasteiger partial charge in [0.05, 0.1) is 11.5 Å². The molecule has 0 aromatic heterocycles. The molecule has 0 radical (unpaired) electrons. The van der Waals surface area contributed by atoms with E-state index in [0.29, 0.717) is 6.54 Å². The van der Waals surface area contributed by atoms with Crippen molar-refractivity contribution in [2.45, 2.75) is 19.6 Å². The molecule has 1 aromatic rings. The summed E-state index contributed by atoms with van der Waals surface area (Å²) >= 11 is 0. The summed E-state index contributed by atoms with van der Waals surface area (Å²) in [6.07, 6.45) is 0. The molecule has 1 rings (SSSR count). The lowest BCUT2D eigenvalue weighted by atomic mass is 10.2. The van der Waals surface area contributed by atoms with Gasteiger partial charge in [0, 0.05) is 0 Å². The molecule has 90 valence electrons. The van der Waals surface area contributed by atoms with Gasteiger partial charge < -0.3 is 5.73 Å². The van der Waals surface area contributed by atoms with Gasteiger partial charge in [-0.25, -0.2) is 8.42 Å². The molecule has 2 N–H and O–H groups in total. The van der Waals surface area contributed by atoms with E-state index < -0.39 is 9.84 Å². The van der Waals surface area contributed by atoms with Crippen LogP contribution in [0.15, 0.2) is 24.3 Å². The highest BCUT2D eigenvalue weighted by Gasteiger charge is 2.15. The Kier molecular flexibility index (Phi) is 4.50. The van der Waals surface area contributed by atoms with Crippen LogP contribution in [-0.2, 0) is 15.6 Å². The van der Waals surface area contributed by atoms with Gasteiger partial charge in [-0.1, -0.05) is 36.8 Å². The van der Waals surface area contributed by atoms with E-state index in [4.69, 9.17) is 5.73 Å². The minimum Gasteiger partial charge on any atom is -0.330 e. The first-order chi connectivity index (χ1) is 7.43. The van der Waals surface area contributed by atoms with Gasteiger partial charge in [-0.05, 0) is 24.9 Å². The van der Waals surface area contributed by atoms with E-state index in [2.05, 4.69) is 0 Å². The van der Waals surface area contributed by atoms with Gasteiger partial charge in [0.15, 0.2) is 9.84 Å². The zero-order valence-electron chi connectivity index (χ0n) is 9.81. The number of hydrogen-bond donors (Lipinski definition) is 1. The van der Waals surface area contributed by atoms with E-state index >= 15 is 0 Å². The van der Waals surface area contributed by atoms with Crippen LogP contribution in [-0.4, -0.2) is 20.7 Å². The molecule has 3 nitrogen and oxygen atoms in total. The fourth-order valence-corrected chi connectivity index (χ4v) is 3.32. The molecular weight excluding hydrogens is 222 g/mol. The highest BCUT2D eigenvalue weighted by atomic mass is 32.2. The Morgan fingerprint density at radius 1 is 1.25 bits per heavy atom. The van der Waals surface area contributed by atoms with Crippen LogP contribution in [0.1, 0.15) is 18.1 Å². The van der Waals surface area contributed by atoms with E-state index in [1.807, 2.05) is 38.1 Å². The Labute approximate surface area is 97.6 Å². The van der Waals surface area contributed by atoms with Crippen molar-refractivity contribution in [3.63, 3.8) is 0 Å². The molecule has 0 spiro atoms. The predicted molar refractivity (Wildman–Crippen MR) is 66.9 cm³/mol. The van der Waals surface area contributed by atoms with E-state index in [1.165, 1.54) is 0 Å². The van der Waals surface area contributed by atoms with Crippen LogP contribution in [0.25, 0.3) is 0 Å². The zero-order valence-corrected chi connectivity index (χ0v) is 10.6. The quantitative estimate of drug-likeness (QED) is 0.850. The third-order valence-corrected chi connectivity index (χ3v) is 4.30. The Morgan fingerprint density at radius 2 is 1.81 bits per heavy atom. The molecule has 0 heterocycles. The molecule has 0 fully saturated rings. The summed E-state index contributed by atoms with van der Waals surface area (Å²) in [6.45, 7) is 4.24. The standard InChI is InChI=1S/C12H19NO2S/c1-10-3-5-12(6-4-10)9-16(14,15)8-11(2)7-13/h3-6,11H,7-9,13H2,1-2H3. The SMILES string of the molecule is Cc1ccc(CS(=O)(=O)CC(C)CN)cc1. The Hall–Kier alpha value is -0.870. The Bertz CT molecular complexity index is 423. The maximum atomic E-state index is 11.8. The van der Waals surface area contributed by atoms with Gasteiger partial charge >= 0.3 is 0 Å². The first kappa shape index (κ1) is 13.2. The number of sulfone groups is 1. The zero-order chi connectivity index (χ0) is 12.2. The van der Waals surface area contributed by atoms with Gasteiger partial charge in [0.2, 0.25) is 0 Å². The molecule has 0 aliphatic carbocycles. The summed E-state index contributed by atoms with van der Waals surface area (Å²) in [7, 11) is -3.04. The molecule has 0 bridgehead atoms. The predicted octanol–water partition coefficient (Wildman–Crippen LogP) is 1.50. The molecule has 1 aromatic carbocycles. The molecule has 1 atom stereocenters. The third-order valence-electron chi connectivity index (χ3n) is 2.45. The first-order valence-electron chi connectivity index (χ1n) is 5.39. The minimum atomic E-state index is -3.04. The van der Waals surface area contributed by atoms with Crippen molar-refractivity contribution in [2.24, 2.45) is 11.7 Å². The summed E-state index contributed by atoms with van der Waals surface area (Å²) in [5, 5.41) is 0. The van der Waals surface area contributed by atoms with Crippen molar-refractivity contribution in [1.82, 2.24) is 0 Å². The van der Waals surface area contributed by atoms with Crippen LogP contribution in [0.2, 0.25) is 0 Å². The molecule has 0 aliphatic rings. The van der Waals surface area contributed by atoms with E-state index in [1.54, 1.807) is 0 Å². The van der Waals surface area contributed by atoms with Crippen molar-refractivity contribution >= 4 is 9.84 Å². The fourth-order valence-electron chi connectivity index (χ4n) is 1.50. The molecular formula is C12H19NO2S. The van der Waals surface area contributed by atoms with Gasteiger partial charge in [0.25, 0.3) is 0 Å². The monoisotopic (exact) mass is 241 g/mol. The molecule has 0 amide bonds. The molecule has 1 unspecified atom stereocenters. The summed E-state index contributed by atoms with van der Waals surface area (Å²) < 4.78 is 23.6. The van der Waals surface area contributed by atoms with Gasteiger partial charge in [-0.3, -0.25) is 0 Å². The number of rotatable bonds is 5. The summed E-state index contributed by atoms with van der Waals surface area (Å²) in [4.78, 5) is 0. The van der Waals surface area contributed by atoms with Crippen molar-refractivity contribution in [2.75, 3.05) is 12.3 Å². The number of hydrogen-bond acceptors (Lipinski definition) is 3. The van der Waals surface area contributed by atoms with Crippen LogP contribution in [0, 0.1) is 12.8 Å². The van der Waals surface area contributed by atoms with Crippen molar-refractivity contribution in [1.29, 1.82) is 0 Å². The van der Waals surface area contributed by atoms with Crippen molar-refractivity contribution in [3.8, 4) is 0 Å². The Morgan fingerprint density at radius 3 is 2.31 bits per heavy atom. The molecule has 0 saturated heterocycles. The average Bonchev–Trinajstić information content (AvgIpc) is 2.20. The van der Waals surface area contributed by atoms with E-state index in [9.17, 15) is 8.42 Å². The highest BCUT2D eigenvalue weighted by molar-refractivity contribution is 7.90. The summed E-state index contributed by atoms with van der Waals surface area (Å²) in [5.74, 6) is 0.296. The van der Waals surface area contributed by atoms with E-state index in [-0.39, 0.29) is 17.4 Å². The third kappa shape index (κ3) is 4.33. The summed E-state index contributed by atoms with van der Waals surface area (Å²) in [5.41, 5.74) is 7.41. The summed E-state index contributed by atoms with van der Waals surface area (Å²) in [6, 6.07) is 7.58. The second-order valence-corrected chi connectivity index (χ2v) is 6.49. The minimum absolute atomic E-state index is 0.0236. The van der Waals surface area contributed by atoms with Crippen LogP contribution in [0.4, 0.5) is 0 Å². The molecule has 0 aliphatic heterocycles. The van der Waals surface area contributed by atoms with Gasteiger partial charge in [0.1, 0.15) is 0 Å². The topological polar surface area (TPSA) is 60.2 Å². The lowest BCUT2D eigenvalue weighted by Crippen LogP contribution is -2.22. The fraction of sp³-hybridized carbons (Fsp3) is 0.500. The second-order valence-electron chi connectivity index (χ2n) is 4.38. The number of nitrogens with two attached hydrogens (primary N) is 1. The normalized spacial score (nSPS) is 13.7. The van der Waals surface area contributed by atoms with Crippen LogP contribution >= 0.6 is 0 Å². The largest absolute Gasteiger partial charge is 0.330 e. The van der Waals surface area contributed by atoms with Crippen LogP contribution in [0.3, 0.4) is 0 Å². The van der Waals surface area contributed by atoms with Crippen molar-refractivity contribution < 1.29 is 8.42 Å². The Balaban J connectivity index is 2.69. The number of benzene rings is 1. The lowest BCUT2D eigenvalue weighted by molar-refractivity contribution is 0.573.